The summed E-state index contributed by atoms with van der Waals surface area (Å²) in [5.41, 5.74) is 0.342. The molecule has 1 atom stereocenters. The van der Waals surface area contributed by atoms with Crippen LogP contribution in [0.2, 0.25) is 0 Å². The molecule has 1 amide bonds. The first kappa shape index (κ1) is 16.4. The van der Waals surface area contributed by atoms with Gasteiger partial charge in [-0.15, -0.1) is 0 Å². The molecule has 3 rings (SSSR count). The van der Waals surface area contributed by atoms with E-state index in [-0.39, 0.29) is 28.7 Å². The number of likely N-dealkylation sites (tertiary alicyclic amines) is 1. The van der Waals surface area contributed by atoms with Gasteiger partial charge >= 0.3 is 0 Å². The van der Waals surface area contributed by atoms with E-state index >= 15 is 0 Å². The predicted molar refractivity (Wildman–Crippen MR) is 85.8 cm³/mol. The molecular weight excluding hydrogens is 338 g/mol. The number of benzene rings is 1. The Morgan fingerprint density at radius 3 is 2.48 bits per heavy atom. The van der Waals surface area contributed by atoms with Crippen molar-refractivity contribution in [1.82, 2.24) is 4.90 Å². The lowest BCUT2D eigenvalue weighted by Crippen LogP contribution is -2.28. The molecule has 2 saturated heterocycles. The monoisotopic (exact) mass is 357 g/mol. The van der Waals surface area contributed by atoms with Crippen LogP contribution in [-0.2, 0) is 19.7 Å². The SMILES string of the molecule is O=C(c1cccc(S(=O)(=O)[C@@H]2CCS(=O)(=O)C2)c1)N1CCCC1. The summed E-state index contributed by atoms with van der Waals surface area (Å²) in [6.45, 7) is 1.38. The van der Waals surface area contributed by atoms with Crippen molar-refractivity contribution in [3.63, 3.8) is 0 Å². The highest BCUT2D eigenvalue weighted by Crippen LogP contribution is 2.26. The Kier molecular flexibility index (Phi) is 4.22. The number of hydrogen-bond donors (Lipinski definition) is 0. The molecule has 0 spiro atoms. The van der Waals surface area contributed by atoms with Gasteiger partial charge in [-0.3, -0.25) is 4.79 Å². The first-order valence-corrected chi connectivity index (χ1v) is 11.0. The molecule has 0 N–H and O–H groups in total. The van der Waals surface area contributed by atoms with Crippen LogP contribution < -0.4 is 0 Å². The molecule has 0 bridgehead atoms. The van der Waals surface area contributed by atoms with Crippen LogP contribution in [0.4, 0.5) is 0 Å². The summed E-state index contributed by atoms with van der Waals surface area (Å²) in [6, 6.07) is 5.95. The second kappa shape index (κ2) is 5.90. The van der Waals surface area contributed by atoms with Crippen molar-refractivity contribution >= 4 is 25.6 Å². The van der Waals surface area contributed by atoms with E-state index in [4.69, 9.17) is 0 Å². The van der Waals surface area contributed by atoms with Crippen molar-refractivity contribution in [3.05, 3.63) is 29.8 Å². The van der Waals surface area contributed by atoms with Gasteiger partial charge in [0.1, 0.15) is 0 Å². The first-order chi connectivity index (χ1) is 10.8. The fourth-order valence-electron chi connectivity index (χ4n) is 3.11. The second-order valence-electron chi connectivity index (χ2n) is 6.10. The van der Waals surface area contributed by atoms with Crippen LogP contribution in [-0.4, -0.2) is 57.5 Å². The van der Waals surface area contributed by atoms with Crippen molar-refractivity contribution < 1.29 is 21.6 Å². The summed E-state index contributed by atoms with van der Waals surface area (Å²) in [5, 5.41) is -0.912. The van der Waals surface area contributed by atoms with Crippen molar-refractivity contribution in [3.8, 4) is 0 Å². The molecule has 2 fully saturated rings. The van der Waals surface area contributed by atoms with E-state index in [2.05, 4.69) is 0 Å². The molecule has 0 aromatic heterocycles. The van der Waals surface area contributed by atoms with E-state index in [9.17, 15) is 21.6 Å². The zero-order chi connectivity index (χ0) is 16.7. The summed E-state index contributed by atoms with van der Waals surface area (Å²) in [4.78, 5) is 14.1. The van der Waals surface area contributed by atoms with E-state index in [1.807, 2.05) is 0 Å². The molecule has 6 nitrogen and oxygen atoms in total. The van der Waals surface area contributed by atoms with Gasteiger partial charge in [0.05, 0.1) is 21.7 Å². The van der Waals surface area contributed by atoms with Crippen molar-refractivity contribution in [2.45, 2.75) is 29.4 Å². The molecule has 0 saturated carbocycles. The van der Waals surface area contributed by atoms with E-state index in [0.717, 1.165) is 12.8 Å². The average Bonchev–Trinajstić information content (AvgIpc) is 3.16. The smallest absolute Gasteiger partial charge is 0.253 e. The van der Waals surface area contributed by atoms with E-state index < -0.39 is 24.9 Å². The maximum atomic E-state index is 12.6. The quantitative estimate of drug-likeness (QED) is 0.801. The highest BCUT2D eigenvalue weighted by molar-refractivity contribution is 7.96. The number of hydrogen-bond acceptors (Lipinski definition) is 5. The highest BCUT2D eigenvalue weighted by Gasteiger charge is 2.38. The maximum absolute atomic E-state index is 12.6. The summed E-state index contributed by atoms with van der Waals surface area (Å²) >= 11 is 0. The van der Waals surface area contributed by atoms with Gasteiger partial charge in [-0.25, -0.2) is 16.8 Å². The molecule has 0 radical (unpaired) electrons. The molecule has 126 valence electrons. The van der Waals surface area contributed by atoms with E-state index in [0.29, 0.717) is 18.7 Å². The Hall–Kier alpha value is -1.41. The van der Waals surface area contributed by atoms with Crippen LogP contribution in [0.3, 0.4) is 0 Å². The van der Waals surface area contributed by atoms with E-state index in [1.54, 1.807) is 17.0 Å². The lowest BCUT2D eigenvalue weighted by atomic mass is 10.2. The van der Waals surface area contributed by atoms with Crippen LogP contribution in [0, 0.1) is 0 Å². The van der Waals surface area contributed by atoms with Crippen LogP contribution in [0.5, 0.6) is 0 Å². The predicted octanol–water partition coefficient (Wildman–Crippen LogP) is 0.883. The van der Waals surface area contributed by atoms with Gasteiger partial charge in [0.15, 0.2) is 19.7 Å². The minimum atomic E-state index is -3.74. The van der Waals surface area contributed by atoms with Crippen LogP contribution >= 0.6 is 0 Å². The first-order valence-electron chi connectivity index (χ1n) is 7.63. The third kappa shape index (κ3) is 3.28. The number of carbonyl (C=O) groups is 1. The number of amides is 1. The van der Waals surface area contributed by atoms with Gasteiger partial charge in [0.2, 0.25) is 0 Å². The Balaban J connectivity index is 1.88. The normalized spacial score (nSPS) is 24.0. The lowest BCUT2D eigenvalue weighted by Gasteiger charge is -2.16. The average molecular weight is 357 g/mol. The molecule has 0 unspecified atom stereocenters. The lowest BCUT2D eigenvalue weighted by molar-refractivity contribution is 0.0792. The minimum absolute atomic E-state index is 0.0321. The highest BCUT2D eigenvalue weighted by atomic mass is 32.2. The number of carbonyl (C=O) groups excluding carboxylic acids is 1. The molecule has 1 aromatic rings. The van der Waals surface area contributed by atoms with Gasteiger partial charge in [0, 0.05) is 18.7 Å². The standard InChI is InChI=1S/C15H19NO5S2/c17-15(16-7-1-2-8-16)12-4-3-5-13(10-12)23(20,21)14-6-9-22(18,19)11-14/h3-5,10,14H,1-2,6-9,11H2/t14-/m1/s1. The summed E-state index contributed by atoms with van der Waals surface area (Å²) in [7, 11) is -7.02. The molecule has 1 aromatic carbocycles. The number of sulfone groups is 2. The molecule has 0 aliphatic carbocycles. The maximum Gasteiger partial charge on any atom is 0.253 e. The Morgan fingerprint density at radius 1 is 1.17 bits per heavy atom. The van der Waals surface area contributed by atoms with Crippen LogP contribution in [0.25, 0.3) is 0 Å². The third-order valence-electron chi connectivity index (χ3n) is 4.43. The molecule has 23 heavy (non-hydrogen) atoms. The minimum Gasteiger partial charge on any atom is -0.339 e. The van der Waals surface area contributed by atoms with Crippen molar-refractivity contribution in [2.24, 2.45) is 0 Å². The summed E-state index contributed by atoms with van der Waals surface area (Å²) < 4.78 is 48.3. The molecule has 2 heterocycles. The van der Waals surface area contributed by atoms with Crippen LogP contribution in [0.1, 0.15) is 29.6 Å². The largest absolute Gasteiger partial charge is 0.339 e. The molecule has 2 aliphatic heterocycles. The number of nitrogens with zero attached hydrogens (tertiary/aromatic N) is 1. The van der Waals surface area contributed by atoms with Gasteiger partial charge in [0.25, 0.3) is 5.91 Å². The van der Waals surface area contributed by atoms with Gasteiger partial charge in [-0.2, -0.15) is 0 Å². The Bertz CT molecular complexity index is 823. The summed E-state index contributed by atoms with van der Waals surface area (Å²) in [6.07, 6.45) is 2.04. The second-order valence-corrected chi connectivity index (χ2v) is 10.6. The molecule has 2 aliphatic rings. The molecule has 8 heteroatoms. The number of rotatable bonds is 3. The van der Waals surface area contributed by atoms with E-state index in [1.165, 1.54) is 12.1 Å². The Labute approximate surface area is 136 Å². The zero-order valence-electron chi connectivity index (χ0n) is 12.6. The summed E-state index contributed by atoms with van der Waals surface area (Å²) in [5.74, 6) is -0.596. The van der Waals surface area contributed by atoms with Gasteiger partial charge in [-0.05, 0) is 37.5 Å². The van der Waals surface area contributed by atoms with Crippen molar-refractivity contribution in [2.75, 3.05) is 24.6 Å². The van der Waals surface area contributed by atoms with Gasteiger partial charge in [-0.1, -0.05) is 6.07 Å². The Morgan fingerprint density at radius 2 is 1.87 bits per heavy atom. The third-order valence-corrected chi connectivity index (χ3v) is 8.60. The topological polar surface area (TPSA) is 88.6 Å². The van der Waals surface area contributed by atoms with Crippen LogP contribution in [0.15, 0.2) is 29.2 Å². The fraction of sp³-hybridized carbons (Fsp3) is 0.533. The zero-order valence-corrected chi connectivity index (χ0v) is 14.3. The fourth-order valence-corrected chi connectivity index (χ4v) is 7.51. The van der Waals surface area contributed by atoms with Crippen molar-refractivity contribution in [1.29, 1.82) is 0 Å². The molecular formula is C15H19NO5S2. The van der Waals surface area contributed by atoms with Gasteiger partial charge < -0.3 is 4.90 Å².